The van der Waals surface area contributed by atoms with Crippen molar-refractivity contribution in [2.45, 2.75) is 26.6 Å². The van der Waals surface area contributed by atoms with Crippen LogP contribution >= 0.6 is 11.3 Å². The highest BCUT2D eigenvalue weighted by Gasteiger charge is 2.10. The Hall–Kier alpha value is -3.26. The number of amides is 1. The van der Waals surface area contributed by atoms with Crippen molar-refractivity contribution in [3.05, 3.63) is 81.6 Å². The molecule has 0 radical (unpaired) electrons. The number of benzene rings is 2. The number of rotatable bonds is 9. The summed E-state index contributed by atoms with van der Waals surface area (Å²) >= 11 is 1.39. The molecular formula is C22H21FN2O4S. The number of halogens is 1. The number of aryl methyl sites for hydroxylation is 1. The van der Waals surface area contributed by atoms with Crippen molar-refractivity contribution in [3.8, 4) is 5.75 Å². The standard InChI is InChI=1S/C22H21FN2O4S/c1-15-4-2-3-5-19(15)22(27)24-11-10-21(26)29-12-17-14-30-20(25-17)13-28-18-8-6-16(23)7-9-18/h2-9,14H,10-13H2,1H3,(H,24,27). The molecule has 156 valence electrons. The molecule has 0 atom stereocenters. The van der Waals surface area contributed by atoms with E-state index in [1.54, 1.807) is 29.6 Å². The van der Waals surface area contributed by atoms with Gasteiger partial charge in [-0.25, -0.2) is 9.37 Å². The molecule has 0 aliphatic carbocycles. The van der Waals surface area contributed by atoms with Gasteiger partial charge in [0.05, 0.1) is 12.1 Å². The molecule has 0 spiro atoms. The normalized spacial score (nSPS) is 10.5. The minimum Gasteiger partial charge on any atom is -0.486 e. The van der Waals surface area contributed by atoms with Gasteiger partial charge in [0, 0.05) is 17.5 Å². The third-order valence-electron chi connectivity index (χ3n) is 4.16. The summed E-state index contributed by atoms with van der Waals surface area (Å²) in [4.78, 5) is 28.3. The molecule has 1 amide bonds. The average molecular weight is 428 g/mol. The zero-order chi connectivity index (χ0) is 21.3. The molecule has 0 unspecified atom stereocenters. The highest BCUT2D eigenvalue weighted by Crippen LogP contribution is 2.16. The molecule has 3 rings (SSSR count). The number of nitrogens with one attached hydrogen (secondary N) is 1. The van der Waals surface area contributed by atoms with Gasteiger partial charge >= 0.3 is 5.97 Å². The minimum absolute atomic E-state index is 0.0532. The van der Waals surface area contributed by atoms with Gasteiger partial charge in [-0.3, -0.25) is 9.59 Å². The number of hydrogen-bond acceptors (Lipinski definition) is 6. The predicted molar refractivity (Wildman–Crippen MR) is 111 cm³/mol. The Labute approximate surface area is 177 Å². The molecule has 0 saturated carbocycles. The molecule has 1 heterocycles. The van der Waals surface area contributed by atoms with Crippen molar-refractivity contribution < 1.29 is 23.5 Å². The highest BCUT2D eigenvalue weighted by atomic mass is 32.1. The van der Waals surface area contributed by atoms with Gasteiger partial charge in [-0.05, 0) is 42.8 Å². The van der Waals surface area contributed by atoms with Gasteiger partial charge in [0.2, 0.25) is 0 Å². The van der Waals surface area contributed by atoms with Gasteiger partial charge in [-0.15, -0.1) is 11.3 Å². The molecule has 0 bridgehead atoms. The molecule has 0 saturated heterocycles. The fraction of sp³-hybridized carbons (Fsp3) is 0.227. The van der Waals surface area contributed by atoms with Crippen LogP contribution in [0.4, 0.5) is 4.39 Å². The van der Waals surface area contributed by atoms with E-state index in [0.717, 1.165) is 10.6 Å². The van der Waals surface area contributed by atoms with Crippen LogP contribution in [-0.4, -0.2) is 23.4 Å². The third kappa shape index (κ3) is 6.38. The van der Waals surface area contributed by atoms with Crippen LogP contribution in [0.15, 0.2) is 53.9 Å². The van der Waals surface area contributed by atoms with Crippen molar-refractivity contribution >= 4 is 23.2 Å². The lowest BCUT2D eigenvalue weighted by Crippen LogP contribution is -2.27. The van der Waals surface area contributed by atoms with Crippen LogP contribution in [0.5, 0.6) is 5.75 Å². The van der Waals surface area contributed by atoms with E-state index in [-0.39, 0.29) is 37.9 Å². The number of aromatic nitrogens is 1. The molecule has 0 aliphatic rings. The lowest BCUT2D eigenvalue weighted by atomic mass is 10.1. The molecule has 0 aliphatic heterocycles. The Morgan fingerprint density at radius 3 is 2.63 bits per heavy atom. The van der Waals surface area contributed by atoms with Crippen molar-refractivity contribution in [2.75, 3.05) is 6.54 Å². The first-order chi connectivity index (χ1) is 14.5. The maximum Gasteiger partial charge on any atom is 0.307 e. The summed E-state index contributed by atoms with van der Waals surface area (Å²) < 4.78 is 23.6. The summed E-state index contributed by atoms with van der Waals surface area (Å²) in [7, 11) is 0. The number of carbonyl (C=O) groups excluding carboxylic acids is 2. The lowest BCUT2D eigenvalue weighted by molar-refractivity contribution is -0.144. The fourth-order valence-corrected chi connectivity index (χ4v) is 3.27. The fourth-order valence-electron chi connectivity index (χ4n) is 2.58. The summed E-state index contributed by atoms with van der Waals surface area (Å²) in [6, 6.07) is 13.0. The van der Waals surface area contributed by atoms with Crippen LogP contribution in [-0.2, 0) is 22.7 Å². The largest absolute Gasteiger partial charge is 0.486 e. The van der Waals surface area contributed by atoms with Gasteiger partial charge in [0.1, 0.15) is 29.8 Å². The summed E-state index contributed by atoms with van der Waals surface area (Å²) in [5.41, 5.74) is 2.08. The van der Waals surface area contributed by atoms with E-state index >= 15 is 0 Å². The number of thiazole rings is 1. The topological polar surface area (TPSA) is 77.5 Å². The SMILES string of the molecule is Cc1ccccc1C(=O)NCCC(=O)OCc1csc(COc2ccc(F)cc2)n1. The number of ether oxygens (including phenoxy) is 2. The van der Waals surface area contributed by atoms with E-state index in [2.05, 4.69) is 10.3 Å². The number of hydrogen-bond donors (Lipinski definition) is 1. The average Bonchev–Trinajstić information content (AvgIpc) is 3.20. The maximum atomic E-state index is 12.9. The second-order valence-electron chi connectivity index (χ2n) is 6.46. The van der Waals surface area contributed by atoms with Crippen molar-refractivity contribution in [1.29, 1.82) is 0 Å². The van der Waals surface area contributed by atoms with Gasteiger partial charge in [-0.2, -0.15) is 0 Å². The molecule has 0 fully saturated rings. The van der Waals surface area contributed by atoms with Gasteiger partial charge in [0.25, 0.3) is 5.91 Å². The minimum atomic E-state index is -0.419. The quantitative estimate of drug-likeness (QED) is 0.521. The van der Waals surface area contributed by atoms with E-state index in [9.17, 15) is 14.0 Å². The molecular weight excluding hydrogens is 407 g/mol. The second-order valence-corrected chi connectivity index (χ2v) is 7.40. The number of carbonyl (C=O) groups is 2. The van der Waals surface area contributed by atoms with Crippen LogP contribution in [0.2, 0.25) is 0 Å². The summed E-state index contributed by atoms with van der Waals surface area (Å²) in [5, 5.41) is 5.22. The van der Waals surface area contributed by atoms with Gasteiger partial charge < -0.3 is 14.8 Å². The van der Waals surface area contributed by atoms with Crippen LogP contribution in [0.25, 0.3) is 0 Å². The van der Waals surface area contributed by atoms with E-state index in [0.29, 0.717) is 17.0 Å². The monoisotopic (exact) mass is 428 g/mol. The maximum absolute atomic E-state index is 12.9. The zero-order valence-electron chi connectivity index (χ0n) is 16.4. The Kier molecular flexibility index (Phi) is 7.51. The van der Waals surface area contributed by atoms with Crippen molar-refractivity contribution in [1.82, 2.24) is 10.3 Å². The Morgan fingerprint density at radius 1 is 1.10 bits per heavy atom. The molecule has 8 heteroatoms. The molecule has 1 N–H and O–H groups in total. The summed E-state index contributed by atoms with van der Waals surface area (Å²) in [6.45, 7) is 2.35. The van der Waals surface area contributed by atoms with Crippen molar-refractivity contribution in [3.63, 3.8) is 0 Å². The molecule has 3 aromatic rings. The Balaban J connectivity index is 1.36. The van der Waals surface area contributed by atoms with Gasteiger partial charge in [-0.1, -0.05) is 18.2 Å². The number of esters is 1. The lowest BCUT2D eigenvalue weighted by Gasteiger charge is -2.07. The Morgan fingerprint density at radius 2 is 1.87 bits per heavy atom. The van der Waals surface area contributed by atoms with E-state index in [1.165, 1.54) is 23.5 Å². The summed E-state index contributed by atoms with van der Waals surface area (Å²) in [5.74, 6) is -0.411. The molecule has 2 aromatic carbocycles. The smallest absolute Gasteiger partial charge is 0.307 e. The van der Waals surface area contributed by atoms with E-state index in [4.69, 9.17) is 9.47 Å². The first-order valence-electron chi connectivity index (χ1n) is 9.32. The third-order valence-corrected chi connectivity index (χ3v) is 5.03. The van der Waals surface area contributed by atoms with Crippen LogP contribution in [0.3, 0.4) is 0 Å². The summed E-state index contributed by atoms with van der Waals surface area (Å²) in [6.07, 6.45) is 0.0717. The highest BCUT2D eigenvalue weighted by molar-refractivity contribution is 7.09. The second kappa shape index (κ2) is 10.5. The first-order valence-corrected chi connectivity index (χ1v) is 10.2. The molecule has 30 heavy (non-hydrogen) atoms. The predicted octanol–water partition coefficient (Wildman–Crippen LogP) is 4.03. The Bertz CT molecular complexity index is 1000. The van der Waals surface area contributed by atoms with E-state index < -0.39 is 5.97 Å². The van der Waals surface area contributed by atoms with Crippen LogP contribution in [0.1, 0.15) is 33.0 Å². The number of nitrogens with zero attached hydrogens (tertiary/aromatic N) is 1. The zero-order valence-corrected chi connectivity index (χ0v) is 17.2. The molecule has 6 nitrogen and oxygen atoms in total. The molecule has 1 aromatic heterocycles. The van der Waals surface area contributed by atoms with E-state index in [1.807, 2.05) is 19.1 Å². The van der Waals surface area contributed by atoms with Crippen molar-refractivity contribution in [2.24, 2.45) is 0 Å². The van der Waals surface area contributed by atoms with Gasteiger partial charge in [0.15, 0.2) is 0 Å². The van der Waals surface area contributed by atoms with Crippen LogP contribution in [0, 0.1) is 12.7 Å². The first kappa shape index (κ1) is 21.4. The van der Waals surface area contributed by atoms with Crippen LogP contribution < -0.4 is 10.1 Å².